The number of ether oxygens (including phenoxy) is 2. The van der Waals surface area contributed by atoms with Crippen LogP contribution in [0.3, 0.4) is 0 Å². The SMILES string of the molecule is COc1ccccc1C(=O)N(C#N)c1cn[nH]c1-c1nc2ccc(CN3CCOCC3)cc2[nH]1. The number of fused-ring (bicyclic) bond motifs is 1. The molecule has 1 aliphatic rings. The molecule has 1 fully saturated rings. The van der Waals surface area contributed by atoms with Crippen LogP contribution in [0, 0.1) is 11.5 Å². The third kappa shape index (κ3) is 4.10. The second-order valence-corrected chi connectivity index (χ2v) is 7.90. The van der Waals surface area contributed by atoms with Gasteiger partial charge in [0.2, 0.25) is 0 Å². The summed E-state index contributed by atoms with van der Waals surface area (Å²) in [5.74, 6) is 0.347. The van der Waals surface area contributed by atoms with E-state index < -0.39 is 5.91 Å². The van der Waals surface area contributed by atoms with Gasteiger partial charge >= 0.3 is 0 Å². The Morgan fingerprint density at radius 2 is 2.09 bits per heavy atom. The Kier molecular flexibility index (Phi) is 5.95. The number of nitrogens with zero attached hydrogens (tertiary/aromatic N) is 5. The number of carbonyl (C=O) groups is 1. The van der Waals surface area contributed by atoms with E-state index in [1.165, 1.54) is 18.9 Å². The number of benzene rings is 2. The Hall–Kier alpha value is -4.20. The third-order valence-corrected chi connectivity index (χ3v) is 5.79. The lowest BCUT2D eigenvalue weighted by molar-refractivity contribution is 0.0342. The Bertz CT molecular complexity index is 1360. The largest absolute Gasteiger partial charge is 0.496 e. The first-order valence-corrected chi connectivity index (χ1v) is 10.9. The molecule has 1 saturated heterocycles. The molecule has 0 bridgehead atoms. The van der Waals surface area contributed by atoms with Gasteiger partial charge in [-0.3, -0.25) is 14.8 Å². The van der Waals surface area contributed by atoms with Gasteiger partial charge in [-0.05, 0) is 29.8 Å². The molecule has 0 spiro atoms. The van der Waals surface area contributed by atoms with Crippen LogP contribution in [0.15, 0.2) is 48.7 Å². The van der Waals surface area contributed by atoms with E-state index in [0.717, 1.165) is 48.8 Å². The summed E-state index contributed by atoms with van der Waals surface area (Å²) in [5.41, 5.74) is 3.82. The van der Waals surface area contributed by atoms with E-state index in [0.29, 0.717) is 23.0 Å². The third-order valence-electron chi connectivity index (χ3n) is 5.79. The Morgan fingerprint density at radius 1 is 1.26 bits per heavy atom. The maximum Gasteiger partial charge on any atom is 0.275 e. The van der Waals surface area contributed by atoms with Crippen molar-refractivity contribution in [1.29, 1.82) is 5.26 Å². The molecular formula is C24H23N7O3. The number of hydrogen-bond donors (Lipinski definition) is 2. The summed E-state index contributed by atoms with van der Waals surface area (Å²) in [7, 11) is 1.48. The van der Waals surface area contributed by atoms with Crippen molar-refractivity contribution in [3.05, 3.63) is 59.8 Å². The lowest BCUT2D eigenvalue weighted by atomic mass is 10.1. The van der Waals surface area contributed by atoms with Gasteiger partial charge in [-0.15, -0.1) is 0 Å². The highest BCUT2D eigenvalue weighted by molar-refractivity contribution is 6.11. The first kappa shape index (κ1) is 21.6. The van der Waals surface area contributed by atoms with Gasteiger partial charge in [-0.25, -0.2) is 9.88 Å². The zero-order valence-electron chi connectivity index (χ0n) is 18.6. The molecule has 0 unspecified atom stereocenters. The van der Waals surface area contributed by atoms with E-state index in [-0.39, 0.29) is 5.56 Å². The minimum atomic E-state index is -0.522. The predicted molar refractivity (Wildman–Crippen MR) is 125 cm³/mol. The molecule has 2 aromatic heterocycles. The Balaban J connectivity index is 1.45. The van der Waals surface area contributed by atoms with E-state index in [2.05, 4.69) is 37.2 Å². The fourth-order valence-electron chi connectivity index (χ4n) is 4.07. The number of anilines is 1. The van der Waals surface area contributed by atoms with E-state index in [1.807, 2.05) is 12.3 Å². The van der Waals surface area contributed by atoms with E-state index >= 15 is 0 Å². The summed E-state index contributed by atoms with van der Waals surface area (Å²) in [5, 5.41) is 16.8. The number of amides is 1. The molecule has 2 aromatic carbocycles. The van der Waals surface area contributed by atoms with Crippen LogP contribution in [0.25, 0.3) is 22.6 Å². The second-order valence-electron chi connectivity index (χ2n) is 7.90. The number of H-pyrrole nitrogens is 2. The molecule has 0 radical (unpaired) electrons. The van der Waals surface area contributed by atoms with Gasteiger partial charge in [0, 0.05) is 19.6 Å². The fraction of sp³-hybridized carbons (Fsp3) is 0.250. The first-order chi connectivity index (χ1) is 16.7. The topological polar surface area (TPSA) is 123 Å². The maximum atomic E-state index is 13.2. The van der Waals surface area contributed by atoms with Crippen LogP contribution in [0.2, 0.25) is 0 Å². The van der Waals surface area contributed by atoms with Crippen molar-refractivity contribution in [3.63, 3.8) is 0 Å². The average molecular weight is 457 g/mol. The number of hydrogen-bond acceptors (Lipinski definition) is 7. The number of morpholine rings is 1. The summed E-state index contributed by atoms with van der Waals surface area (Å²) in [6.45, 7) is 4.16. The van der Waals surface area contributed by atoms with Crippen LogP contribution in [-0.2, 0) is 11.3 Å². The summed E-state index contributed by atoms with van der Waals surface area (Å²) in [6, 6.07) is 12.9. The number of nitrogens with one attached hydrogen (secondary N) is 2. The van der Waals surface area contributed by atoms with Crippen LogP contribution in [-0.4, -0.2) is 64.4 Å². The zero-order chi connectivity index (χ0) is 23.5. The lowest BCUT2D eigenvalue weighted by Crippen LogP contribution is -2.35. The van der Waals surface area contributed by atoms with Crippen molar-refractivity contribution in [1.82, 2.24) is 25.1 Å². The minimum absolute atomic E-state index is 0.274. The molecule has 4 aromatic rings. The van der Waals surface area contributed by atoms with Crippen molar-refractivity contribution >= 4 is 22.6 Å². The highest BCUT2D eigenvalue weighted by Gasteiger charge is 2.26. The smallest absolute Gasteiger partial charge is 0.275 e. The molecule has 34 heavy (non-hydrogen) atoms. The summed E-state index contributed by atoms with van der Waals surface area (Å²) in [4.78, 5) is 24.5. The van der Waals surface area contributed by atoms with E-state index in [1.54, 1.807) is 24.3 Å². The molecule has 0 aliphatic carbocycles. The van der Waals surface area contributed by atoms with Crippen LogP contribution < -0.4 is 9.64 Å². The van der Waals surface area contributed by atoms with Crippen LogP contribution in [0.1, 0.15) is 15.9 Å². The van der Waals surface area contributed by atoms with Crippen molar-refractivity contribution in [2.24, 2.45) is 0 Å². The number of carbonyl (C=O) groups excluding carboxylic acids is 1. The Labute approximate surface area is 195 Å². The second kappa shape index (κ2) is 9.35. The van der Waals surface area contributed by atoms with Gasteiger partial charge in [0.25, 0.3) is 5.91 Å². The normalized spacial score (nSPS) is 14.1. The van der Waals surface area contributed by atoms with Crippen molar-refractivity contribution < 1.29 is 14.3 Å². The molecule has 3 heterocycles. The number of aromatic amines is 2. The van der Waals surface area contributed by atoms with Crippen LogP contribution in [0.4, 0.5) is 5.69 Å². The number of para-hydroxylation sites is 1. The first-order valence-electron chi connectivity index (χ1n) is 10.9. The van der Waals surface area contributed by atoms with Gasteiger partial charge in [0.05, 0.1) is 43.1 Å². The van der Waals surface area contributed by atoms with Gasteiger partial charge in [-0.1, -0.05) is 18.2 Å². The number of aromatic nitrogens is 4. The monoisotopic (exact) mass is 457 g/mol. The molecule has 10 nitrogen and oxygen atoms in total. The van der Waals surface area contributed by atoms with Gasteiger partial charge < -0.3 is 14.5 Å². The molecule has 2 N–H and O–H groups in total. The van der Waals surface area contributed by atoms with Crippen LogP contribution in [0.5, 0.6) is 5.75 Å². The highest BCUT2D eigenvalue weighted by Crippen LogP contribution is 2.30. The molecule has 1 aliphatic heterocycles. The molecule has 0 atom stereocenters. The van der Waals surface area contributed by atoms with E-state index in [4.69, 9.17) is 9.47 Å². The van der Waals surface area contributed by atoms with Crippen LogP contribution >= 0.6 is 0 Å². The van der Waals surface area contributed by atoms with Crippen molar-refractivity contribution in [2.45, 2.75) is 6.54 Å². The lowest BCUT2D eigenvalue weighted by Gasteiger charge is -2.26. The Morgan fingerprint density at radius 3 is 2.88 bits per heavy atom. The predicted octanol–water partition coefficient (Wildman–Crippen LogP) is 2.92. The fourth-order valence-corrected chi connectivity index (χ4v) is 4.07. The number of imidazole rings is 1. The van der Waals surface area contributed by atoms with Gasteiger partial charge in [0.1, 0.15) is 17.1 Å². The van der Waals surface area contributed by atoms with Crippen molar-refractivity contribution in [2.75, 3.05) is 38.3 Å². The minimum Gasteiger partial charge on any atom is -0.496 e. The molecule has 5 rings (SSSR count). The molecular weight excluding hydrogens is 434 g/mol. The summed E-state index contributed by atoms with van der Waals surface area (Å²) < 4.78 is 10.7. The highest BCUT2D eigenvalue weighted by atomic mass is 16.5. The molecule has 10 heteroatoms. The van der Waals surface area contributed by atoms with Crippen molar-refractivity contribution in [3.8, 4) is 23.5 Å². The molecule has 0 saturated carbocycles. The van der Waals surface area contributed by atoms with Gasteiger partial charge in [0.15, 0.2) is 12.0 Å². The number of rotatable bonds is 6. The standard InChI is InChI=1S/C24H23N7O3/c1-33-21-5-3-2-4-17(21)24(32)31(15-25)20-13-26-29-22(20)23-27-18-7-6-16(12-19(18)28-23)14-30-8-10-34-11-9-30/h2-7,12-13H,8-11,14H2,1H3,(H,26,29)(H,27,28). The average Bonchev–Trinajstić information content (AvgIpc) is 3.52. The number of nitriles is 1. The molecule has 1 amide bonds. The summed E-state index contributed by atoms with van der Waals surface area (Å²) in [6.07, 6.45) is 3.40. The molecule has 172 valence electrons. The zero-order valence-corrected chi connectivity index (χ0v) is 18.6. The quantitative estimate of drug-likeness (QED) is 0.337. The van der Waals surface area contributed by atoms with E-state index in [9.17, 15) is 10.1 Å². The number of methoxy groups -OCH3 is 1. The maximum absolute atomic E-state index is 13.2. The van der Waals surface area contributed by atoms with Gasteiger partial charge in [-0.2, -0.15) is 10.4 Å². The summed E-state index contributed by atoms with van der Waals surface area (Å²) >= 11 is 0.